The molecule has 0 unspecified atom stereocenters. The number of halogens is 3. The Morgan fingerprint density at radius 1 is 1.10 bits per heavy atom. The van der Waals surface area contributed by atoms with Gasteiger partial charge in [-0.2, -0.15) is 0 Å². The molecule has 0 spiro atoms. The minimum atomic E-state index is -0.401. The van der Waals surface area contributed by atoms with E-state index in [9.17, 15) is 14.0 Å². The summed E-state index contributed by atoms with van der Waals surface area (Å²) in [6, 6.07) is 3.97. The van der Waals surface area contributed by atoms with Gasteiger partial charge < -0.3 is 0 Å². The third-order valence-electron chi connectivity index (χ3n) is 3.06. The van der Waals surface area contributed by atoms with Crippen LogP contribution >= 0.6 is 43.2 Å². The number of nitrogens with zero attached hydrogens (tertiary/aromatic N) is 1. The zero-order valence-corrected chi connectivity index (χ0v) is 14.0. The second-order valence-corrected chi connectivity index (χ2v) is 7.93. The van der Waals surface area contributed by atoms with Crippen molar-refractivity contribution < 1.29 is 14.0 Å². The van der Waals surface area contributed by atoms with Crippen LogP contribution in [0.5, 0.6) is 0 Å². The molecule has 0 saturated carbocycles. The van der Waals surface area contributed by atoms with E-state index in [-0.39, 0.29) is 0 Å². The van der Waals surface area contributed by atoms with Gasteiger partial charge >= 0.3 is 0 Å². The van der Waals surface area contributed by atoms with Gasteiger partial charge in [-0.1, -0.05) is 0 Å². The fourth-order valence-electron chi connectivity index (χ4n) is 2.16. The van der Waals surface area contributed by atoms with Crippen LogP contribution in [-0.2, 0) is 0 Å². The van der Waals surface area contributed by atoms with Crippen LogP contribution in [0, 0.1) is 12.7 Å². The number of amides is 2. The topological polar surface area (TPSA) is 37.4 Å². The molecular weight excluding hydrogens is 413 g/mol. The predicted molar refractivity (Wildman–Crippen MR) is 82.0 cm³/mol. The molecule has 0 N–H and O–H groups in total. The number of imide groups is 1. The number of hydrogen-bond acceptors (Lipinski definition) is 3. The molecule has 1 aliphatic heterocycles. The van der Waals surface area contributed by atoms with Crippen LogP contribution in [0.4, 0.5) is 10.1 Å². The van der Waals surface area contributed by atoms with Crippen LogP contribution in [0.15, 0.2) is 25.8 Å². The van der Waals surface area contributed by atoms with E-state index in [4.69, 9.17) is 0 Å². The summed E-state index contributed by atoms with van der Waals surface area (Å²) >= 11 is 7.88. The molecule has 102 valence electrons. The van der Waals surface area contributed by atoms with Gasteiger partial charge in [0.15, 0.2) is 0 Å². The summed E-state index contributed by atoms with van der Waals surface area (Å²) in [5.74, 6) is -1.19. The zero-order valence-electron chi connectivity index (χ0n) is 10.0. The highest BCUT2D eigenvalue weighted by Gasteiger charge is 2.42. The van der Waals surface area contributed by atoms with E-state index in [2.05, 4.69) is 31.9 Å². The fourth-order valence-corrected chi connectivity index (χ4v) is 5.26. The number of benzene rings is 1. The predicted octanol–water partition coefficient (Wildman–Crippen LogP) is 4.52. The first kappa shape index (κ1) is 13.9. The Balaban J connectivity index is 2.17. The Kier molecular flexibility index (Phi) is 3.30. The third kappa shape index (κ3) is 1.88. The number of rotatable bonds is 1. The van der Waals surface area contributed by atoms with E-state index >= 15 is 0 Å². The highest BCUT2D eigenvalue weighted by molar-refractivity contribution is 9.12. The van der Waals surface area contributed by atoms with Crippen molar-refractivity contribution in [2.24, 2.45) is 0 Å². The average Bonchev–Trinajstić information content (AvgIpc) is 2.79. The van der Waals surface area contributed by atoms with E-state index in [0.29, 0.717) is 30.0 Å². The van der Waals surface area contributed by atoms with Crippen LogP contribution in [0.2, 0.25) is 0 Å². The summed E-state index contributed by atoms with van der Waals surface area (Å²) in [5.41, 5.74) is 1.65. The lowest BCUT2D eigenvalue weighted by Gasteiger charge is -2.16. The van der Waals surface area contributed by atoms with Gasteiger partial charge in [-0.15, -0.1) is 11.3 Å². The summed E-state index contributed by atoms with van der Waals surface area (Å²) in [4.78, 5) is 26.0. The number of aryl methyl sites for hydroxylation is 1. The number of carbonyl (C=O) groups excluding carboxylic acids is 2. The molecular formula is C13H6Br2FNO2S. The first-order valence-corrected chi connectivity index (χ1v) is 7.94. The van der Waals surface area contributed by atoms with Gasteiger partial charge in [0.25, 0.3) is 11.8 Å². The van der Waals surface area contributed by atoms with E-state index in [1.54, 1.807) is 6.92 Å². The highest BCUT2D eigenvalue weighted by Crippen LogP contribution is 2.43. The Bertz CT molecular complexity index is 735. The number of thiophene rings is 1. The lowest BCUT2D eigenvalue weighted by atomic mass is 10.2. The molecule has 3 rings (SSSR count). The fraction of sp³-hybridized carbons (Fsp3) is 0.0769. The number of anilines is 1. The van der Waals surface area contributed by atoms with Crippen molar-refractivity contribution in [1.82, 2.24) is 0 Å². The van der Waals surface area contributed by atoms with Crippen LogP contribution in [0.1, 0.15) is 26.3 Å². The number of fused-ring (bicyclic) bond motifs is 1. The normalized spacial score (nSPS) is 14.1. The van der Waals surface area contributed by atoms with Crippen molar-refractivity contribution in [2.75, 3.05) is 4.90 Å². The van der Waals surface area contributed by atoms with Crippen molar-refractivity contribution in [2.45, 2.75) is 6.92 Å². The van der Waals surface area contributed by atoms with Gasteiger partial charge in [-0.25, -0.2) is 9.29 Å². The van der Waals surface area contributed by atoms with E-state index in [0.717, 1.165) is 4.90 Å². The Labute approximate surface area is 134 Å². The van der Waals surface area contributed by atoms with E-state index in [1.807, 2.05) is 0 Å². The van der Waals surface area contributed by atoms with Crippen molar-refractivity contribution in [3.05, 3.63) is 48.3 Å². The maximum absolute atomic E-state index is 13.2. The van der Waals surface area contributed by atoms with Crippen LogP contribution in [0.3, 0.4) is 0 Å². The molecule has 0 fully saturated rings. The van der Waals surface area contributed by atoms with Crippen LogP contribution in [0.25, 0.3) is 0 Å². The summed E-state index contributed by atoms with van der Waals surface area (Å²) in [7, 11) is 0. The first-order chi connectivity index (χ1) is 9.41. The van der Waals surface area contributed by atoms with E-state index in [1.165, 1.54) is 29.5 Å². The van der Waals surface area contributed by atoms with Gasteiger partial charge in [0.2, 0.25) is 0 Å². The molecule has 1 aliphatic rings. The third-order valence-corrected chi connectivity index (χ3v) is 5.59. The van der Waals surface area contributed by atoms with Crippen LogP contribution in [-0.4, -0.2) is 11.8 Å². The minimum absolute atomic E-state index is 0.357. The van der Waals surface area contributed by atoms with Crippen molar-refractivity contribution in [3.63, 3.8) is 0 Å². The van der Waals surface area contributed by atoms with Crippen LogP contribution < -0.4 is 4.90 Å². The summed E-state index contributed by atoms with van der Waals surface area (Å²) < 4.78 is 14.4. The summed E-state index contributed by atoms with van der Waals surface area (Å²) in [5, 5.41) is 0. The largest absolute Gasteiger partial charge is 0.268 e. The Morgan fingerprint density at radius 3 is 2.15 bits per heavy atom. The molecule has 0 aliphatic carbocycles. The molecule has 0 atom stereocenters. The SMILES string of the molecule is Cc1cc(F)ccc1N1C(=O)c2c(Br)sc(Br)c2C1=O. The molecule has 0 radical (unpaired) electrons. The Morgan fingerprint density at radius 2 is 1.65 bits per heavy atom. The molecule has 20 heavy (non-hydrogen) atoms. The molecule has 7 heteroatoms. The molecule has 0 bridgehead atoms. The minimum Gasteiger partial charge on any atom is -0.268 e. The molecule has 2 heterocycles. The highest BCUT2D eigenvalue weighted by atomic mass is 79.9. The second kappa shape index (κ2) is 4.75. The van der Waals surface area contributed by atoms with Gasteiger partial charge in [-0.3, -0.25) is 9.59 Å². The lowest BCUT2D eigenvalue weighted by molar-refractivity contribution is 0.0925. The molecule has 2 aromatic rings. The maximum Gasteiger partial charge on any atom is 0.268 e. The maximum atomic E-state index is 13.2. The van der Waals surface area contributed by atoms with Gasteiger partial charge in [0, 0.05) is 0 Å². The molecule has 0 saturated heterocycles. The van der Waals surface area contributed by atoms with Crippen molar-refractivity contribution >= 4 is 60.7 Å². The molecule has 1 aromatic heterocycles. The standard InChI is InChI=1S/C13H6Br2FNO2S/c1-5-4-6(16)2-3-7(5)17-12(18)8-9(13(17)19)11(15)20-10(8)14/h2-4H,1H3. The average molecular weight is 419 g/mol. The smallest absolute Gasteiger partial charge is 0.268 e. The van der Waals surface area contributed by atoms with Gasteiger partial charge in [0.1, 0.15) is 5.82 Å². The monoisotopic (exact) mass is 417 g/mol. The van der Waals surface area contributed by atoms with E-state index < -0.39 is 17.6 Å². The molecule has 2 amide bonds. The van der Waals surface area contributed by atoms with Crippen molar-refractivity contribution in [1.29, 1.82) is 0 Å². The van der Waals surface area contributed by atoms with Crippen molar-refractivity contribution in [3.8, 4) is 0 Å². The molecule has 1 aromatic carbocycles. The quantitative estimate of drug-likeness (QED) is 0.638. The molecule has 3 nitrogen and oxygen atoms in total. The van der Waals surface area contributed by atoms with Gasteiger partial charge in [-0.05, 0) is 62.5 Å². The second-order valence-electron chi connectivity index (χ2n) is 4.28. The summed E-state index contributed by atoms with van der Waals surface area (Å²) in [6.45, 7) is 1.66. The first-order valence-electron chi connectivity index (χ1n) is 5.54. The lowest BCUT2D eigenvalue weighted by Crippen LogP contribution is -2.30. The number of hydrogen-bond donors (Lipinski definition) is 0. The number of carbonyl (C=O) groups is 2. The summed E-state index contributed by atoms with van der Waals surface area (Å²) in [6.07, 6.45) is 0. The van der Waals surface area contributed by atoms with Gasteiger partial charge in [0.05, 0.1) is 24.4 Å². The zero-order chi connectivity index (χ0) is 14.6. The Hall–Kier alpha value is -1.05.